The molecule has 4 nitrogen and oxygen atoms in total. The van der Waals surface area contributed by atoms with E-state index in [-0.39, 0.29) is 5.91 Å². The smallest absolute Gasteiger partial charge is 0.236 e. The molecular formula is C16H23N3O. The van der Waals surface area contributed by atoms with Gasteiger partial charge in [-0.1, -0.05) is 18.2 Å². The maximum Gasteiger partial charge on any atom is 0.236 e. The molecule has 20 heavy (non-hydrogen) atoms. The highest BCUT2D eigenvalue weighted by Gasteiger charge is 2.23. The minimum atomic E-state index is 0.248. The highest BCUT2D eigenvalue weighted by atomic mass is 16.2. The van der Waals surface area contributed by atoms with Crippen LogP contribution in [0.3, 0.4) is 0 Å². The number of carbonyl (C=O) groups is 1. The van der Waals surface area contributed by atoms with Crippen LogP contribution in [0.5, 0.6) is 0 Å². The molecule has 1 aliphatic carbocycles. The number of amides is 1. The van der Waals surface area contributed by atoms with Crippen molar-refractivity contribution in [2.75, 3.05) is 44.2 Å². The van der Waals surface area contributed by atoms with E-state index >= 15 is 0 Å². The number of carbonyl (C=O) groups excluding carboxylic acids is 1. The number of rotatable bonds is 5. The van der Waals surface area contributed by atoms with Crippen LogP contribution in [0.25, 0.3) is 0 Å². The second kappa shape index (κ2) is 6.27. The summed E-state index contributed by atoms with van der Waals surface area (Å²) in [5.41, 5.74) is 1.26. The zero-order valence-electron chi connectivity index (χ0n) is 11.9. The van der Waals surface area contributed by atoms with E-state index in [1.165, 1.54) is 18.5 Å². The van der Waals surface area contributed by atoms with Gasteiger partial charge in [0.1, 0.15) is 0 Å². The van der Waals surface area contributed by atoms with Gasteiger partial charge in [0, 0.05) is 31.9 Å². The quantitative estimate of drug-likeness (QED) is 0.879. The van der Waals surface area contributed by atoms with Gasteiger partial charge in [-0.2, -0.15) is 0 Å². The Hall–Kier alpha value is -1.55. The Morgan fingerprint density at radius 3 is 2.45 bits per heavy atom. The van der Waals surface area contributed by atoms with E-state index < -0.39 is 0 Å². The van der Waals surface area contributed by atoms with Crippen LogP contribution in [0.1, 0.15) is 12.8 Å². The number of nitrogens with zero attached hydrogens (tertiary/aromatic N) is 2. The summed E-state index contributed by atoms with van der Waals surface area (Å²) in [6.45, 7) is 5.03. The summed E-state index contributed by atoms with van der Waals surface area (Å²) in [5, 5.41) is 3.28. The Labute approximate surface area is 120 Å². The lowest BCUT2D eigenvalue weighted by molar-refractivity contribution is -0.130. The molecule has 3 rings (SSSR count). The van der Waals surface area contributed by atoms with Crippen LogP contribution >= 0.6 is 0 Å². The van der Waals surface area contributed by atoms with E-state index in [2.05, 4.69) is 34.5 Å². The zero-order valence-corrected chi connectivity index (χ0v) is 11.9. The molecule has 108 valence electrons. The number of hydrogen-bond donors (Lipinski definition) is 1. The number of benzene rings is 1. The van der Waals surface area contributed by atoms with Gasteiger partial charge in [0.05, 0.1) is 6.54 Å². The van der Waals surface area contributed by atoms with Crippen molar-refractivity contribution in [3.05, 3.63) is 30.3 Å². The minimum absolute atomic E-state index is 0.248. The van der Waals surface area contributed by atoms with Gasteiger partial charge < -0.3 is 15.1 Å². The van der Waals surface area contributed by atoms with Crippen molar-refractivity contribution in [2.24, 2.45) is 5.92 Å². The predicted molar refractivity (Wildman–Crippen MR) is 80.8 cm³/mol. The number of para-hydroxylation sites is 1. The van der Waals surface area contributed by atoms with Gasteiger partial charge in [0.2, 0.25) is 5.91 Å². The molecule has 1 heterocycles. The fourth-order valence-electron chi connectivity index (χ4n) is 2.67. The molecule has 1 saturated heterocycles. The van der Waals surface area contributed by atoms with E-state index in [0.717, 1.165) is 38.6 Å². The van der Waals surface area contributed by atoms with Crippen LogP contribution in [0, 0.1) is 5.92 Å². The molecule has 1 amide bonds. The average Bonchev–Trinajstić information content (AvgIpc) is 3.32. The van der Waals surface area contributed by atoms with Crippen LogP contribution in [-0.4, -0.2) is 50.1 Å². The van der Waals surface area contributed by atoms with Crippen LogP contribution < -0.4 is 10.2 Å². The highest BCUT2D eigenvalue weighted by molar-refractivity contribution is 5.78. The first-order chi connectivity index (χ1) is 9.83. The summed E-state index contributed by atoms with van der Waals surface area (Å²) in [5.74, 6) is 1.08. The maximum atomic E-state index is 12.1. The summed E-state index contributed by atoms with van der Waals surface area (Å²) in [6.07, 6.45) is 2.66. The lowest BCUT2D eigenvalue weighted by atomic mass is 10.2. The monoisotopic (exact) mass is 273 g/mol. The third-order valence-electron chi connectivity index (χ3n) is 4.16. The molecular weight excluding hydrogens is 250 g/mol. The topological polar surface area (TPSA) is 35.6 Å². The molecule has 1 N–H and O–H groups in total. The Bertz CT molecular complexity index is 436. The fraction of sp³-hybridized carbons (Fsp3) is 0.562. The minimum Gasteiger partial charge on any atom is -0.368 e. The molecule has 0 spiro atoms. The number of hydrogen-bond acceptors (Lipinski definition) is 3. The third-order valence-corrected chi connectivity index (χ3v) is 4.16. The van der Waals surface area contributed by atoms with Crippen molar-refractivity contribution in [1.29, 1.82) is 0 Å². The van der Waals surface area contributed by atoms with Gasteiger partial charge in [-0.25, -0.2) is 0 Å². The largest absolute Gasteiger partial charge is 0.368 e. The standard InChI is InChI=1S/C16H23N3O/c20-16(13-17-12-14-6-7-14)19-10-8-18(9-11-19)15-4-2-1-3-5-15/h1-5,14,17H,6-13H2. The Balaban J connectivity index is 1.42. The molecule has 2 aliphatic rings. The molecule has 1 aromatic carbocycles. The maximum absolute atomic E-state index is 12.1. The predicted octanol–water partition coefficient (Wildman–Crippen LogP) is 1.33. The van der Waals surface area contributed by atoms with E-state index in [9.17, 15) is 4.79 Å². The van der Waals surface area contributed by atoms with Gasteiger partial charge in [0.25, 0.3) is 0 Å². The van der Waals surface area contributed by atoms with E-state index in [4.69, 9.17) is 0 Å². The third kappa shape index (κ3) is 3.51. The van der Waals surface area contributed by atoms with Crippen LogP contribution in [-0.2, 0) is 4.79 Å². The van der Waals surface area contributed by atoms with Crippen molar-refractivity contribution in [2.45, 2.75) is 12.8 Å². The molecule has 0 bridgehead atoms. The summed E-state index contributed by atoms with van der Waals surface area (Å²) in [6, 6.07) is 10.4. The number of nitrogens with one attached hydrogen (secondary N) is 1. The van der Waals surface area contributed by atoms with Gasteiger partial charge in [-0.15, -0.1) is 0 Å². The first kappa shape index (κ1) is 13.4. The Kier molecular flexibility index (Phi) is 4.21. The highest BCUT2D eigenvalue weighted by Crippen LogP contribution is 2.27. The molecule has 0 aromatic heterocycles. The lowest BCUT2D eigenvalue weighted by Crippen LogP contribution is -2.51. The van der Waals surface area contributed by atoms with Crippen molar-refractivity contribution in [1.82, 2.24) is 10.2 Å². The summed E-state index contributed by atoms with van der Waals surface area (Å²) >= 11 is 0. The van der Waals surface area contributed by atoms with Crippen LogP contribution in [0.15, 0.2) is 30.3 Å². The van der Waals surface area contributed by atoms with E-state index in [1.807, 2.05) is 11.0 Å². The lowest BCUT2D eigenvalue weighted by Gasteiger charge is -2.36. The van der Waals surface area contributed by atoms with Gasteiger partial charge in [-0.05, 0) is 37.4 Å². The fourth-order valence-corrected chi connectivity index (χ4v) is 2.67. The van der Waals surface area contributed by atoms with Crippen LogP contribution in [0.2, 0.25) is 0 Å². The average molecular weight is 273 g/mol. The molecule has 2 fully saturated rings. The normalized spacial score (nSPS) is 19.2. The molecule has 1 aliphatic heterocycles. The van der Waals surface area contributed by atoms with Gasteiger partial charge in [0.15, 0.2) is 0 Å². The number of piperazine rings is 1. The van der Waals surface area contributed by atoms with E-state index in [1.54, 1.807) is 0 Å². The van der Waals surface area contributed by atoms with Crippen molar-refractivity contribution < 1.29 is 4.79 Å². The second-order valence-corrected chi connectivity index (χ2v) is 5.78. The molecule has 0 radical (unpaired) electrons. The molecule has 4 heteroatoms. The summed E-state index contributed by atoms with van der Waals surface area (Å²) < 4.78 is 0. The molecule has 0 atom stereocenters. The molecule has 0 unspecified atom stereocenters. The van der Waals surface area contributed by atoms with E-state index in [0.29, 0.717) is 6.54 Å². The Morgan fingerprint density at radius 1 is 1.10 bits per heavy atom. The first-order valence-corrected chi connectivity index (χ1v) is 7.61. The first-order valence-electron chi connectivity index (χ1n) is 7.61. The number of anilines is 1. The van der Waals surface area contributed by atoms with Crippen molar-refractivity contribution >= 4 is 11.6 Å². The molecule has 1 saturated carbocycles. The van der Waals surface area contributed by atoms with Gasteiger partial charge in [-0.3, -0.25) is 4.79 Å². The zero-order chi connectivity index (χ0) is 13.8. The summed E-state index contributed by atoms with van der Waals surface area (Å²) in [7, 11) is 0. The van der Waals surface area contributed by atoms with Crippen molar-refractivity contribution in [3.63, 3.8) is 0 Å². The summed E-state index contributed by atoms with van der Waals surface area (Å²) in [4.78, 5) is 16.4. The SMILES string of the molecule is O=C(CNCC1CC1)N1CCN(c2ccccc2)CC1. The van der Waals surface area contributed by atoms with Gasteiger partial charge >= 0.3 is 0 Å². The van der Waals surface area contributed by atoms with Crippen molar-refractivity contribution in [3.8, 4) is 0 Å². The molecule has 1 aromatic rings. The van der Waals surface area contributed by atoms with Crippen LogP contribution in [0.4, 0.5) is 5.69 Å². The second-order valence-electron chi connectivity index (χ2n) is 5.78. The Morgan fingerprint density at radius 2 is 1.80 bits per heavy atom.